The average Bonchev–Trinajstić information content (AvgIpc) is 2.47. The molecular formula is C14H21N3O2. The third-order valence-electron chi connectivity index (χ3n) is 3.61. The molecule has 1 atom stereocenters. The standard InChI is InChI=1S/C14H21N3O2/c1-19-13-7-3-2-5-11(13)9-17-8-4-6-12(10-17)14(18)16-15/h2-3,5,7,12H,4,6,8-10,15H2,1H3,(H,16,18). The van der Waals surface area contributed by atoms with E-state index in [4.69, 9.17) is 10.6 Å². The molecule has 1 aliphatic heterocycles. The van der Waals surface area contributed by atoms with Gasteiger partial charge in [-0.2, -0.15) is 0 Å². The van der Waals surface area contributed by atoms with Crippen LogP contribution in [0, 0.1) is 5.92 Å². The van der Waals surface area contributed by atoms with Crippen molar-refractivity contribution in [2.24, 2.45) is 11.8 Å². The van der Waals surface area contributed by atoms with Crippen LogP contribution in [0.3, 0.4) is 0 Å². The van der Waals surface area contributed by atoms with Crippen LogP contribution in [-0.4, -0.2) is 31.0 Å². The summed E-state index contributed by atoms with van der Waals surface area (Å²) in [5, 5.41) is 0. The lowest BCUT2D eigenvalue weighted by Gasteiger charge is -2.31. The molecule has 1 aromatic rings. The third kappa shape index (κ3) is 3.45. The molecule has 1 amide bonds. The van der Waals surface area contributed by atoms with Gasteiger partial charge in [-0.15, -0.1) is 0 Å². The second-order valence-corrected chi connectivity index (χ2v) is 4.89. The van der Waals surface area contributed by atoms with Gasteiger partial charge >= 0.3 is 0 Å². The molecule has 2 rings (SSSR count). The number of para-hydroxylation sites is 1. The van der Waals surface area contributed by atoms with E-state index in [1.807, 2.05) is 18.2 Å². The zero-order valence-electron chi connectivity index (χ0n) is 11.3. The van der Waals surface area contributed by atoms with Crippen LogP contribution in [0.2, 0.25) is 0 Å². The molecule has 0 aromatic heterocycles. The zero-order chi connectivity index (χ0) is 13.7. The fourth-order valence-corrected chi connectivity index (χ4v) is 2.61. The summed E-state index contributed by atoms with van der Waals surface area (Å²) in [5.74, 6) is 6.03. The Kier molecular flexibility index (Phi) is 4.76. The highest BCUT2D eigenvalue weighted by molar-refractivity contribution is 5.78. The van der Waals surface area contributed by atoms with Gasteiger partial charge in [0, 0.05) is 18.7 Å². The van der Waals surface area contributed by atoms with E-state index in [0.29, 0.717) is 0 Å². The van der Waals surface area contributed by atoms with Crippen molar-refractivity contribution >= 4 is 5.91 Å². The zero-order valence-corrected chi connectivity index (χ0v) is 11.3. The summed E-state index contributed by atoms with van der Waals surface area (Å²) < 4.78 is 5.36. The third-order valence-corrected chi connectivity index (χ3v) is 3.61. The number of nitrogens with two attached hydrogens (primary N) is 1. The molecule has 0 saturated carbocycles. The first kappa shape index (κ1) is 13.8. The molecule has 104 valence electrons. The maximum Gasteiger partial charge on any atom is 0.238 e. The summed E-state index contributed by atoms with van der Waals surface area (Å²) in [6.45, 7) is 2.56. The molecule has 1 saturated heterocycles. The Morgan fingerprint density at radius 1 is 1.53 bits per heavy atom. The monoisotopic (exact) mass is 263 g/mol. The van der Waals surface area contributed by atoms with Crippen LogP contribution in [-0.2, 0) is 11.3 Å². The molecule has 1 aliphatic rings. The van der Waals surface area contributed by atoms with Gasteiger partial charge in [-0.3, -0.25) is 15.1 Å². The smallest absolute Gasteiger partial charge is 0.238 e. The Balaban J connectivity index is 2.00. The van der Waals surface area contributed by atoms with Gasteiger partial charge in [-0.1, -0.05) is 18.2 Å². The van der Waals surface area contributed by atoms with Crippen molar-refractivity contribution in [2.45, 2.75) is 19.4 Å². The first-order valence-corrected chi connectivity index (χ1v) is 6.59. The molecule has 1 unspecified atom stereocenters. The molecule has 1 heterocycles. The van der Waals surface area contributed by atoms with Gasteiger partial charge in [0.15, 0.2) is 0 Å². The molecular weight excluding hydrogens is 242 g/mol. The van der Waals surface area contributed by atoms with Crippen LogP contribution in [0.1, 0.15) is 18.4 Å². The van der Waals surface area contributed by atoms with Crippen LogP contribution < -0.4 is 16.0 Å². The van der Waals surface area contributed by atoms with Crippen LogP contribution >= 0.6 is 0 Å². The first-order chi connectivity index (χ1) is 9.24. The molecule has 1 fully saturated rings. The average molecular weight is 263 g/mol. The second-order valence-electron chi connectivity index (χ2n) is 4.89. The lowest BCUT2D eigenvalue weighted by molar-refractivity contribution is -0.126. The number of ether oxygens (including phenoxy) is 1. The fraction of sp³-hybridized carbons (Fsp3) is 0.500. The molecule has 1 aromatic carbocycles. The Morgan fingerprint density at radius 3 is 3.05 bits per heavy atom. The summed E-state index contributed by atoms with van der Waals surface area (Å²) in [6.07, 6.45) is 1.93. The number of benzene rings is 1. The number of rotatable bonds is 4. The minimum Gasteiger partial charge on any atom is -0.496 e. The quantitative estimate of drug-likeness (QED) is 0.481. The topological polar surface area (TPSA) is 67.6 Å². The lowest BCUT2D eigenvalue weighted by atomic mass is 9.97. The summed E-state index contributed by atoms with van der Waals surface area (Å²) in [6, 6.07) is 7.99. The number of amides is 1. The van der Waals surface area contributed by atoms with Crippen molar-refractivity contribution in [3.8, 4) is 5.75 Å². The maximum absolute atomic E-state index is 11.6. The molecule has 3 N–H and O–H groups in total. The van der Waals surface area contributed by atoms with Crippen molar-refractivity contribution < 1.29 is 9.53 Å². The molecule has 5 nitrogen and oxygen atoms in total. The predicted octanol–water partition coefficient (Wildman–Crippen LogP) is 0.897. The van der Waals surface area contributed by atoms with Crippen LogP contribution in [0.25, 0.3) is 0 Å². The van der Waals surface area contributed by atoms with Crippen molar-refractivity contribution in [1.82, 2.24) is 10.3 Å². The van der Waals surface area contributed by atoms with E-state index < -0.39 is 0 Å². The molecule has 0 radical (unpaired) electrons. The maximum atomic E-state index is 11.6. The highest BCUT2D eigenvalue weighted by atomic mass is 16.5. The summed E-state index contributed by atoms with van der Waals surface area (Å²) in [4.78, 5) is 13.9. The number of carbonyl (C=O) groups is 1. The van der Waals surface area contributed by atoms with E-state index in [0.717, 1.165) is 43.8 Å². The van der Waals surface area contributed by atoms with Crippen molar-refractivity contribution in [3.05, 3.63) is 29.8 Å². The highest BCUT2D eigenvalue weighted by Crippen LogP contribution is 2.23. The van der Waals surface area contributed by atoms with Gasteiger partial charge in [-0.05, 0) is 25.5 Å². The van der Waals surface area contributed by atoms with Crippen molar-refractivity contribution in [2.75, 3.05) is 20.2 Å². The lowest BCUT2D eigenvalue weighted by Crippen LogP contribution is -2.44. The van der Waals surface area contributed by atoms with Gasteiger partial charge < -0.3 is 4.74 Å². The number of hydrogen-bond donors (Lipinski definition) is 2. The molecule has 0 aliphatic carbocycles. The van der Waals surface area contributed by atoms with Crippen LogP contribution in [0.5, 0.6) is 5.75 Å². The largest absolute Gasteiger partial charge is 0.496 e. The van der Waals surface area contributed by atoms with E-state index in [1.165, 1.54) is 0 Å². The molecule has 19 heavy (non-hydrogen) atoms. The number of methoxy groups -OCH3 is 1. The molecule has 0 bridgehead atoms. The Bertz CT molecular complexity index is 436. The number of carbonyl (C=O) groups excluding carboxylic acids is 1. The summed E-state index contributed by atoms with van der Waals surface area (Å²) in [7, 11) is 1.68. The van der Waals surface area contributed by atoms with Gasteiger partial charge in [-0.25, -0.2) is 5.84 Å². The van der Waals surface area contributed by atoms with Crippen LogP contribution in [0.4, 0.5) is 0 Å². The number of likely N-dealkylation sites (tertiary alicyclic amines) is 1. The normalized spacial score (nSPS) is 20.0. The fourth-order valence-electron chi connectivity index (χ4n) is 2.61. The van der Waals surface area contributed by atoms with Crippen molar-refractivity contribution in [1.29, 1.82) is 0 Å². The number of piperidine rings is 1. The first-order valence-electron chi connectivity index (χ1n) is 6.59. The van der Waals surface area contributed by atoms with Gasteiger partial charge in [0.1, 0.15) is 5.75 Å². The number of hydrazine groups is 1. The van der Waals surface area contributed by atoms with Gasteiger partial charge in [0.2, 0.25) is 5.91 Å². The summed E-state index contributed by atoms with van der Waals surface area (Å²) in [5.41, 5.74) is 3.40. The van der Waals surface area contributed by atoms with Gasteiger partial charge in [0.25, 0.3) is 0 Å². The van der Waals surface area contributed by atoms with E-state index in [1.54, 1.807) is 7.11 Å². The minimum absolute atomic E-state index is 0.00606. The number of nitrogens with zero attached hydrogens (tertiary/aromatic N) is 1. The van der Waals surface area contributed by atoms with Crippen molar-refractivity contribution in [3.63, 3.8) is 0 Å². The Labute approximate surface area is 113 Å². The van der Waals surface area contributed by atoms with E-state index in [-0.39, 0.29) is 11.8 Å². The Hall–Kier alpha value is -1.59. The van der Waals surface area contributed by atoms with E-state index in [2.05, 4.69) is 16.4 Å². The van der Waals surface area contributed by atoms with E-state index >= 15 is 0 Å². The van der Waals surface area contributed by atoms with E-state index in [9.17, 15) is 4.79 Å². The predicted molar refractivity (Wildman–Crippen MR) is 73.3 cm³/mol. The van der Waals surface area contributed by atoms with Crippen LogP contribution in [0.15, 0.2) is 24.3 Å². The second kappa shape index (κ2) is 6.54. The Morgan fingerprint density at radius 2 is 2.32 bits per heavy atom. The molecule has 0 spiro atoms. The molecule has 5 heteroatoms. The summed E-state index contributed by atoms with van der Waals surface area (Å²) >= 11 is 0. The highest BCUT2D eigenvalue weighted by Gasteiger charge is 2.25. The van der Waals surface area contributed by atoms with Gasteiger partial charge in [0.05, 0.1) is 13.0 Å². The number of nitrogens with one attached hydrogen (secondary N) is 1. The SMILES string of the molecule is COc1ccccc1CN1CCCC(C(=O)NN)C1. The number of hydrogen-bond acceptors (Lipinski definition) is 4. The minimum atomic E-state index is -0.0651.